The van der Waals surface area contributed by atoms with E-state index in [1.54, 1.807) is 5.06 Å². The third-order valence-corrected chi connectivity index (χ3v) is 2.36. The Morgan fingerprint density at radius 2 is 2.00 bits per heavy atom. The number of rotatable bonds is 1. The van der Waals surface area contributed by atoms with Crippen LogP contribution in [0.2, 0.25) is 0 Å². The van der Waals surface area contributed by atoms with Gasteiger partial charge < -0.3 is 10.2 Å². The predicted octanol–water partition coefficient (Wildman–Crippen LogP) is 1.17. The summed E-state index contributed by atoms with van der Waals surface area (Å²) in [5.74, 6) is -0.166. The number of piperazine rings is 1. The second-order valence-corrected chi connectivity index (χ2v) is 5.80. The lowest BCUT2D eigenvalue weighted by atomic mass is 9.97. The molecule has 1 aliphatic heterocycles. The van der Waals surface area contributed by atoms with Crippen molar-refractivity contribution in [2.45, 2.75) is 40.2 Å². The molecule has 0 aromatic heterocycles. The Bertz CT molecular complexity index is 243. The van der Waals surface area contributed by atoms with E-state index in [0.717, 1.165) is 19.6 Å². The Morgan fingerprint density at radius 1 is 1.40 bits per heavy atom. The van der Waals surface area contributed by atoms with Crippen LogP contribution in [0, 0.1) is 5.41 Å². The molecule has 0 aromatic carbocycles. The van der Waals surface area contributed by atoms with Crippen LogP contribution in [0.25, 0.3) is 0 Å². The van der Waals surface area contributed by atoms with E-state index in [1.807, 2.05) is 20.8 Å². The van der Waals surface area contributed by atoms with Crippen LogP contribution >= 0.6 is 0 Å². The number of carbonyl (C=O) groups excluding carboxylic acids is 1. The van der Waals surface area contributed by atoms with Gasteiger partial charge in [0.15, 0.2) is 0 Å². The van der Waals surface area contributed by atoms with Crippen LogP contribution < -0.4 is 5.32 Å². The third-order valence-electron chi connectivity index (χ3n) is 2.36. The zero-order valence-electron chi connectivity index (χ0n) is 10.4. The van der Waals surface area contributed by atoms with Crippen LogP contribution in [-0.2, 0) is 9.63 Å². The average Bonchev–Trinajstić information content (AvgIpc) is 2.00. The molecule has 4 nitrogen and oxygen atoms in total. The van der Waals surface area contributed by atoms with Crippen molar-refractivity contribution in [2.24, 2.45) is 5.41 Å². The zero-order valence-corrected chi connectivity index (χ0v) is 10.4. The van der Waals surface area contributed by atoms with Gasteiger partial charge in [-0.3, -0.25) is 0 Å². The summed E-state index contributed by atoms with van der Waals surface area (Å²) in [6.45, 7) is 12.1. The highest BCUT2D eigenvalue weighted by molar-refractivity contribution is 5.75. The Hall–Kier alpha value is -0.610. The van der Waals surface area contributed by atoms with E-state index >= 15 is 0 Å². The fourth-order valence-electron chi connectivity index (χ4n) is 1.43. The second-order valence-electron chi connectivity index (χ2n) is 5.80. The fourth-order valence-corrected chi connectivity index (χ4v) is 1.43. The molecule has 0 aromatic rings. The lowest BCUT2D eigenvalue weighted by Crippen LogP contribution is -2.57. The van der Waals surface area contributed by atoms with Gasteiger partial charge in [-0.1, -0.05) is 0 Å². The molecular formula is C11H22N2O2. The van der Waals surface area contributed by atoms with E-state index in [2.05, 4.69) is 19.2 Å². The van der Waals surface area contributed by atoms with Gasteiger partial charge in [-0.2, -0.15) is 0 Å². The Kier molecular flexibility index (Phi) is 3.41. The molecule has 0 aliphatic carbocycles. The second kappa shape index (κ2) is 4.10. The van der Waals surface area contributed by atoms with E-state index in [4.69, 9.17) is 4.84 Å². The van der Waals surface area contributed by atoms with Crippen molar-refractivity contribution in [1.82, 2.24) is 10.4 Å². The molecule has 4 heteroatoms. The highest BCUT2D eigenvalue weighted by Crippen LogP contribution is 2.18. The summed E-state index contributed by atoms with van der Waals surface area (Å²) in [4.78, 5) is 17.0. The average molecular weight is 214 g/mol. The van der Waals surface area contributed by atoms with Crippen LogP contribution in [0.3, 0.4) is 0 Å². The maximum absolute atomic E-state index is 11.7. The molecule has 15 heavy (non-hydrogen) atoms. The summed E-state index contributed by atoms with van der Waals surface area (Å²) < 4.78 is 0. The smallest absolute Gasteiger partial charge is 0.330 e. The number of nitrogens with one attached hydrogen (secondary N) is 1. The van der Waals surface area contributed by atoms with Crippen LogP contribution in [-0.4, -0.2) is 36.2 Å². The quantitative estimate of drug-likeness (QED) is 0.711. The van der Waals surface area contributed by atoms with Crippen molar-refractivity contribution in [3.8, 4) is 0 Å². The molecule has 1 saturated heterocycles. The molecule has 1 N–H and O–H groups in total. The number of hydrogen-bond acceptors (Lipinski definition) is 4. The van der Waals surface area contributed by atoms with E-state index in [-0.39, 0.29) is 11.5 Å². The van der Waals surface area contributed by atoms with Crippen molar-refractivity contribution in [2.75, 3.05) is 19.6 Å². The van der Waals surface area contributed by atoms with Gasteiger partial charge in [-0.15, -0.1) is 5.06 Å². The van der Waals surface area contributed by atoms with Gasteiger partial charge in [0.2, 0.25) is 0 Å². The minimum absolute atomic E-state index is 0.0103. The van der Waals surface area contributed by atoms with E-state index in [1.165, 1.54) is 0 Å². The molecule has 88 valence electrons. The fraction of sp³-hybridized carbons (Fsp3) is 0.909. The molecule has 0 spiro atoms. The predicted molar refractivity (Wildman–Crippen MR) is 59.2 cm³/mol. The van der Waals surface area contributed by atoms with Gasteiger partial charge in [0.1, 0.15) is 0 Å². The van der Waals surface area contributed by atoms with Gasteiger partial charge in [-0.05, 0) is 34.6 Å². The van der Waals surface area contributed by atoms with Crippen molar-refractivity contribution >= 4 is 5.97 Å². The van der Waals surface area contributed by atoms with Gasteiger partial charge >= 0.3 is 5.97 Å². The SMILES string of the molecule is CC1(C)CN(OC(=O)C(C)(C)C)CCN1. The summed E-state index contributed by atoms with van der Waals surface area (Å²) in [5.41, 5.74) is -0.425. The molecule has 0 saturated carbocycles. The molecule has 1 rings (SSSR count). The summed E-state index contributed by atoms with van der Waals surface area (Å²) in [7, 11) is 0. The van der Waals surface area contributed by atoms with Crippen LogP contribution in [0.15, 0.2) is 0 Å². The number of hydrogen-bond donors (Lipinski definition) is 1. The van der Waals surface area contributed by atoms with Crippen molar-refractivity contribution in [3.05, 3.63) is 0 Å². The van der Waals surface area contributed by atoms with Crippen LogP contribution in [0.5, 0.6) is 0 Å². The maximum atomic E-state index is 11.7. The topological polar surface area (TPSA) is 41.6 Å². The molecule has 1 aliphatic rings. The lowest BCUT2D eigenvalue weighted by Gasteiger charge is -2.38. The molecule has 0 radical (unpaired) electrons. The van der Waals surface area contributed by atoms with E-state index in [0.29, 0.717) is 0 Å². The number of hydroxylamine groups is 2. The van der Waals surface area contributed by atoms with E-state index in [9.17, 15) is 4.79 Å². The molecule has 1 heterocycles. The molecule has 0 atom stereocenters. The van der Waals surface area contributed by atoms with Gasteiger partial charge in [0.05, 0.1) is 12.0 Å². The van der Waals surface area contributed by atoms with Crippen molar-refractivity contribution in [1.29, 1.82) is 0 Å². The summed E-state index contributed by atoms with van der Waals surface area (Å²) in [6.07, 6.45) is 0. The standard InChI is InChI=1S/C11H22N2O2/c1-10(2,3)9(14)15-13-7-6-12-11(4,5)8-13/h12H,6-8H2,1-5H3. The third kappa shape index (κ3) is 3.80. The first-order chi connectivity index (χ1) is 6.71. The van der Waals surface area contributed by atoms with Crippen molar-refractivity contribution < 1.29 is 9.63 Å². The first-order valence-electron chi connectivity index (χ1n) is 5.43. The Morgan fingerprint density at radius 3 is 2.47 bits per heavy atom. The van der Waals surface area contributed by atoms with Gasteiger partial charge in [-0.25, -0.2) is 4.79 Å². The molecular weight excluding hydrogens is 192 g/mol. The summed E-state index contributed by atoms with van der Waals surface area (Å²) >= 11 is 0. The summed E-state index contributed by atoms with van der Waals surface area (Å²) in [5, 5.41) is 5.12. The van der Waals surface area contributed by atoms with Crippen LogP contribution in [0.1, 0.15) is 34.6 Å². The maximum Gasteiger partial charge on any atom is 0.330 e. The Labute approximate surface area is 91.9 Å². The molecule has 0 unspecified atom stereocenters. The zero-order chi connectivity index (χ0) is 11.7. The summed E-state index contributed by atoms with van der Waals surface area (Å²) in [6, 6.07) is 0. The minimum Gasteiger partial charge on any atom is -0.367 e. The Balaban J connectivity index is 2.49. The molecule has 0 amide bonds. The largest absolute Gasteiger partial charge is 0.367 e. The highest BCUT2D eigenvalue weighted by atomic mass is 16.7. The lowest BCUT2D eigenvalue weighted by molar-refractivity contribution is -0.208. The minimum atomic E-state index is -0.435. The van der Waals surface area contributed by atoms with Crippen molar-refractivity contribution in [3.63, 3.8) is 0 Å². The molecule has 1 fully saturated rings. The first-order valence-corrected chi connectivity index (χ1v) is 5.43. The highest BCUT2D eigenvalue weighted by Gasteiger charge is 2.31. The molecule has 0 bridgehead atoms. The first kappa shape index (κ1) is 12.5. The van der Waals surface area contributed by atoms with Gasteiger partial charge in [0.25, 0.3) is 0 Å². The number of carbonyl (C=O) groups is 1. The van der Waals surface area contributed by atoms with E-state index < -0.39 is 5.41 Å². The van der Waals surface area contributed by atoms with Crippen LogP contribution in [0.4, 0.5) is 0 Å². The monoisotopic (exact) mass is 214 g/mol. The number of nitrogens with zero attached hydrogens (tertiary/aromatic N) is 1. The van der Waals surface area contributed by atoms with Gasteiger partial charge in [0, 0.05) is 18.6 Å². The normalized spacial score (nSPS) is 22.5.